The number of rotatable bonds is 5. The Morgan fingerprint density at radius 3 is 1.96 bits per heavy atom. The Labute approximate surface area is 148 Å². The second kappa shape index (κ2) is 7.32. The normalized spacial score (nSPS) is 10.4. The maximum absolute atomic E-state index is 12.4. The number of carbonyl (C=O) groups is 2. The zero-order valence-electron chi connectivity index (χ0n) is 12.9. The minimum absolute atomic E-state index is 0.0228. The van der Waals surface area contributed by atoms with Crippen LogP contribution in [0.25, 0.3) is 0 Å². The molecule has 0 saturated carbocycles. The average Bonchev–Trinajstić information content (AvgIpc) is 2.63. The Morgan fingerprint density at radius 1 is 0.750 bits per heavy atom. The van der Waals surface area contributed by atoms with Gasteiger partial charge < -0.3 is 0 Å². The van der Waals surface area contributed by atoms with Crippen molar-refractivity contribution in [1.29, 1.82) is 0 Å². The van der Waals surface area contributed by atoms with Gasteiger partial charge in [-0.15, -0.1) is 0 Å². The van der Waals surface area contributed by atoms with Gasteiger partial charge in [0.05, 0.1) is 0 Å². The molecule has 0 aliphatic heterocycles. The largest absolute Gasteiger partial charge is 0.289 e. The van der Waals surface area contributed by atoms with Gasteiger partial charge in [-0.1, -0.05) is 58.4 Å². The molecule has 1 aromatic heterocycles. The van der Waals surface area contributed by atoms with Crippen LogP contribution in [-0.2, 0) is 6.54 Å². The van der Waals surface area contributed by atoms with Crippen molar-refractivity contribution in [3.63, 3.8) is 0 Å². The summed E-state index contributed by atoms with van der Waals surface area (Å²) in [6.07, 6.45) is 3.51. The van der Waals surface area contributed by atoms with E-state index in [1.54, 1.807) is 53.4 Å². The van der Waals surface area contributed by atoms with E-state index in [2.05, 4.69) is 15.9 Å². The number of ketones is 2. The zero-order chi connectivity index (χ0) is 16.9. The standard InChI is InChI=1S/C20H15BrNO2/c21-18-8-6-15(7-9-18)19(23)14-22-12-10-17(11-13-22)20(24)16-4-2-1-3-5-16/h1-13H,14H2/q+1. The molecule has 2 aromatic carbocycles. The molecule has 0 spiro atoms. The quantitative estimate of drug-likeness (QED) is 0.497. The Balaban J connectivity index is 1.72. The van der Waals surface area contributed by atoms with Crippen molar-refractivity contribution < 1.29 is 14.2 Å². The van der Waals surface area contributed by atoms with Gasteiger partial charge in [-0.2, -0.15) is 4.57 Å². The van der Waals surface area contributed by atoms with Crippen LogP contribution in [0.3, 0.4) is 0 Å². The van der Waals surface area contributed by atoms with Gasteiger partial charge in [-0.05, 0) is 12.1 Å². The summed E-state index contributed by atoms with van der Waals surface area (Å²) in [7, 11) is 0. The Bertz CT molecular complexity index is 856. The Kier molecular flexibility index (Phi) is 4.96. The maximum Gasteiger partial charge on any atom is 0.227 e. The van der Waals surface area contributed by atoms with Crippen LogP contribution in [0.5, 0.6) is 0 Å². The molecular formula is C20H15BrNO2+. The highest BCUT2D eigenvalue weighted by molar-refractivity contribution is 9.10. The molecule has 0 N–H and O–H groups in total. The molecule has 1 heterocycles. The molecule has 0 amide bonds. The smallest absolute Gasteiger partial charge is 0.227 e. The molecule has 118 valence electrons. The summed E-state index contributed by atoms with van der Waals surface area (Å²) >= 11 is 3.35. The first-order chi connectivity index (χ1) is 11.6. The van der Waals surface area contributed by atoms with Crippen molar-refractivity contribution in [3.8, 4) is 0 Å². The molecule has 0 aliphatic rings. The van der Waals surface area contributed by atoms with Gasteiger partial charge in [0.1, 0.15) is 0 Å². The maximum atomic E-state index is 12.4. The highest BCUT2D eigenvalue weighted by Gasteiger charge is 2.14. The third kappa shape index (κ3) is 3.84. The van der Waals surface area contributed by atoms with Crippen LogP contribution in [0.1, 0.15) is 26.3 Å². The fourth-order valence-corrected chi connectivity index (χ4v) is 2.63. The van der Waals surface area contributed by atoms with Crippen LogP contribution in [0, 0.1) is 0 Å². The van der Waals surface area contributed by atoms with Gasteiger partial charge in [0, 0.05) is 33.3 Å². The molecule has 4 heteroatoms. The highest BCUT2D eigenvalue weighted by Crippen LogP contribution is 2.11. The number of benzene rings is 2. The average molecular weight is 381 g/mol. The van der Waals surface area contributed by atoms with Crippen LogP contribution >= 0.6 is 15.9 Å². The lowest BCUT2D eigenvalue weighted by Crippen LogP contribution is -2.37. The van der Waals surface area contributed by atoms with Crippen LogP contribution < -0.4 is 4.57 Å². The molecule has 3 aromatic rings. The summed E-state index contributed by atoms with van der Waals surface area (Å²) in [6.45, 7) is 0.238. The monoisotopic (exact) mass is 380 g/mol. The topological polar surface area (TPSA) is 38.0 Å². The van der Waals surface area contributed by atoms with Crippen LogP contribution in [0.2, 0.25) is 0 Å². The van der Waals surface area contributed by atoms with Gasteiger partial charge in [-0.3, -0.25) is 9.59 Å². The number of nitrogens with zero attached hydrogens (tertiary/aromatic N) is 1. The number of halogens is 1. The second-order valence-corrected chi connectivity index (χ2v) is 6.30. The lowest BCUT2D eigenvalue weighted by Gasteiger charge is -2.01. The van der Waals surface area contributed by atoms with Gasteiger partial charge in [0.25, 0.3) is 0 Å². The minimum atomic E-state index is -0.0259. The van der Waals surface area contributed by atoms with E-state index in [9.17, 15) is 9.59 Å². The molecule has 3 rings (SSSR count). The molecule has 0 aliphatic carbocycles. The first-order valence-electron chi connectivity index (χ1n) is 7.51. The minimum Gasteiger partial charge on any atom is -0.289 e. The van der Waals surface area contributed by atoms with E-state index in [-0.39, 0.29) is 18.1 Å². The van der Waals surface area contributed by atoms with E-state index in [1.165, 1.54) is 0 Å². The molecule has 0 radical (unpaired) electrons. The van der Waals surface area contributed by atoms with E-state index in [1.807, 2.05) is 30.3 Å². The number of pyridine rings is 1. The zero-order valence-corrected chi connectivity index (χ0v) is 14.4. The van der Waals surface area contributed by atoms with Crippen molar-refractivity contribution in [2.24, 2.45) is 0 Å². The highest BCUT2D eigenvalue weighted by atomic mass is 79.9. The van der Waals surface area contributed by atoms with Crippen LogP contribution in [0.4, 0.5) is 0 Å². The van der Waals surface area contributed by atoms with Crippen molar-refractivity contribution in [2.75, 3.05) is 0 Å². The molecule has 24 heavy (non-hydrogen) atoms. The number of Topliss-reactive ketones (excluding diaryl/α,β-unsaturated/α-hetero) is 1. The Morgan fingerprint density at radius 2 is 1.33 bits per heavy atom. The summed E-state index contributed by atoms with van der Waals surface area (Å²) in [4.78, 5) is 24.6. The van der Waals surface area contributed by atoms with Crippen molar-refractivity contribution in [2.45, 2.75) is 6.54 Å². The fraction of sp³-hybridized carbons (Fsp3) is 0.0500. The molecule has 0 unspecified atom stereocenters. The molecular weight excluding hydrogens is 366 g/mol. The lowest BCUT2D eigenvalue weighted by atomic mass is 10.0. The number of aromatic nitrogens is 1. The second-order valence-electron chi connectivity index (χ2n) is 5.38. The van der Waals surface area contributed by atoms with Crippen molar-refractivity contribution in [3.05, 3.63) is 100 Å². The van der Waals surface area contributed by atoms with E-state index in [4.69, 9.17) is 0 Å². The third-order valence-corrected chi connectivity index (χ3v) is 4.21. The summed E-state index contributed by atoms with van der Waals surface area (Å²) < 4.78 is 2.71. The van der Waals surface area contributed by atoms with E-state index in [0.29, 0.717) is 16.7 Å². The van der Waals surface area contributed by atoms with E-state index >= 15 is 0 Å². The predicted octanol–water partition coefficient (Wildman–Crippen LogP) is 3.85. The summed E-state index contributed by atoms with van der Waals surface area (Å²) in [5.74, 6) is -0.00313. The van der Waals surface area contributed by atoms with Crippen molar-refractivity contribution in [1.82, 2.24) is 0 Å². The number of carbonyl (C=O) groups excluding carboxylic acids is 2. The Hall–Kier alpha value is -2.59. The van der Waals surface area contributed by atoms with Gasteiger partial charge >= 0.3 is 0 Å². The lowest BCUT2D eigenvalue weighted by molar-refractivity contribution is -0.683. The molecule has 3 nitrogen and oxygen atoms in total. The van der Waals surface area contributed by atoms with E-state index < -0.39 is 0 Å². The first kappa shape index (κ1) is 16.3. The van der Waals surface area contributed by atoms with Crippen molar-refractivity contribution >= 4 is 27.5 Å². The summed E-state index contributed by atoms with van der Waals surface area (Å²) in [5.41, 5.74) is 1.92. The van der Waals surface area contributed by atoms with Gasteiger partial charge in [0.15, 0.2) is 18.2 Å². The molecule has 0 atom stereocenters. The molecule has 0 saturated heterocycles. The van der Waals surface area contributed by atoms with Gasteiger partial charge in [0.2, 0.25) is 12.3 Å². The summed E-state index contributed by atoms with van der Waals surface area (Å²) in [6, 6.07) is 19.9. The van der Waals surface area contributed by atoms with Crippen LogP contribution in [0.15, 0.2) is 83.6 Å². The predicted molar refractivity (Wildman–Crippen MR) is 95.0 cm³/mol. The molecule has 0 fully saturated rings. The fourth-order valence-electron chi connectivity index (χ4n) is 2.36. The SMILES string of the molecule is O=C(C[n+]1ccc(C(=O)c2ccccc2)cc1)c1ccc(Br)cc1. The molecule has 0 bridgehead atoms. The van der Waals surface area contributed by atoms with E-state index in [0.717, 1.165) is 4.47 Å². The van der Waals surface area contributed by atoms with Gasteiger partial charge in [-0.25, -0.2) is 0 Å². The van der Waals surface area contributed by atoms with Crippen LogP contribution in [-0.4, -0.2) is 11.6 Å². The first-order valence-corrected chi connectivity index (χ1v) is 8.30. The summed E-state index contributed by atoms with van der Waals surface area (Å²) in [5, 5.41) is 0. The number of hydrogen-bond donors (Lipinski definition) is 0. The third-order valence-electron chi connectivity index (χ3n) is 3.68. The number of hydrogen-bond acceptors (Lipinski definition) is 2.